The molecule has 2 heteroatoms. The first kappa shape index (κ1) is 17.0. The molecule has 114 valence electrons. The fourth-order valence-electron chi connectivity index (χ4n) is 3.07. The summed E-state index contributed by atoms with van der Waals surface area (Å²) in [5.41, 5.74) is 0. The van der Waals surface area contributed by atoms with Gasteiger partial charge >= 0.3 is 0 Å². The van der Waals surface area contributed by atoms with Crippen molar-refractivity contribution in [2.24, 2.45) is 0 Å². The third-order valence-electron chi connectivity index (χ3n) is 4.47. The number of hydrogen-bond donors (Lipinski definition) is 1. The van der Waals surface area contributed by atoms with E-state index in [1.807, 2.05) is 7.11 Å². The van der Waals surface area contributed by atoms with Gasteiger partial charge in [0.2, 0.25) is 0 Å². The van der Waals surface area contributed by atoms with Gasteiger partial charge < -0.3 is 10.1 Å². The van der Waals surface area contributed by atoms with Crippen LogP contribution < -0.4 is 5.32 Å². The van der Waals surface area contributed by atoms with Crippen LogP contribution in [0.5, 0.6) is 0 Å². The Morgan fingerprint density at radius 3 is 2.00 bits per heavy atom. The number of rotatable bonds is 11. The van der Waals surface area contributed by atoms with Crippen LogP contribution in [0.25, 0.3) is 0 Å². The topological polar surface area (TPSA) is 21.3 Å². The fraction of sp³-hybridized carbons (Fsp3) is 1.00. The Bertz CT molecular complexity index is 188. The summed E-state index contributed by atoms with van der Waals surface area (Å²) >= 11 is 0. The third-order valence-corrected chi connectivity index (χ3v) is 4.47. The second-order valence-corrected chi connectivity index (χ2v) is 6.14. The van der Waals surface area contributed by atoms with Crippen molar-refractivity contribution < 1.29 is 4.74 Å². The van der Waals surface area contributed by atoms with Gasteiger partial charge in [-0.2, -0.15) is 0 Å². The van der Waals surface area contributed by atoms with Gasteiger partial charge in [-0.1, -0.05) is 51.9 Å². The Hall–Kier alpha value is -0.0800. The summed E-state index contributed by atoms with van der Waals surface area (Å²) in [4.78, 5) is 0. The minimum Gasteiger partial charge on any atom is -0.381 e. The minimum atomic E-state index is 0.529. The highest BCUT2D eigenvalue weighted by Gasteiger charge is 2.19. The number of methoxy groups -OCH3 is 1. The molecule has 0 aromatic carbocycles. The third kappa shape index (κ3) is 8.65. The van der Waals surface area contributed by atoms with Gasteiger partial charge in [0, 0.05) is 13.2 Å². The quantitative estimate of drug-likeness (QED) is 0.550. The highest BCUT2D eigenvalue weighted by molar-refractivity contribution is 4.77. The van der Waals surface area contributed by atoms with Crippen LogP contribution in [0.3, 0.4) is 0 Å². The normalized spacial score (nSPS) is 23.7. The van der Waals surface area contributed by atoms with Crippen LogP contribution in [-0.2, 0) is 4.74 Å². The fourth-order valence-corrected chi connectivity index (χ4v) is 3.07. The molecule has 0 radical (unpaired) electrons. The molecule has 0 aliphatic heterocycles. The maximum Gasteiger partial charge on any atom is 0.0572 e. The van der Waals surface area contributed by atoms with Crippen molar-refractivity contribution in [3.05, 3.63) is 0 Å². The SMILES string of the molecule is CCCCCCCCCCNC1CCC(OC)CC1. The van der Waals surface area contributed by atoms with E-state index >= 15 is 0 Å². The maximum atomic E-state index is 5.41. The first-order valence-electron chi connectivity index (χ1n) is 8.63. The summed E-state index contributed by atoms with van der Waals surface area (Å²) < 4.78 is 5.41. The summed E-state index contributed by atoms with van der Waals surface area (Å²) in [5, 5.41) is 3.72. The number of hydrogen-bond acceptors (Lipinski definition) is 2. The van der Waals surface area contributed by atoms with Crippen LogP contribution in [0.4, 0.5) is 0 Å². The molecule has 0 aromatic heterocycles. The predicted octanol–water partition coefficient (Wildman–Crippen LogP) is 4.67. The van der Waals surface area contributed by atoms with Crippen molar-refractivity contribution in [1.29, 1.82) is 0 Å². The molecule has 1 aliphatic carbocycles. The molecule has 0 aromatic rings. The standard InChI is InChI=1S/C17H35NO/c1-3-4-5-6-7-8-9-10-15-18-16-11-13-17(19-2)14-12-16/h16-18H,3-15H2,1-2H3. The molecular formula is C17H35NO. The van der Waals surface area contributed by atoms with Crippen molar-refractivity contribution in [2.45, 2.75) is 96.1 Å². The van der Waals surface area contributed by atoms with Gasteiger partial charge in [-0.3, -0.25) is 0 Å². The van der Waals surface area contributed by atoms with E-state index in [-0.39, 0.29) is 0 Å². The van der Waals surface area contributed by atoms with E-state index < -0.39 is 0 Å². The summed E-state index contributed by atoms with van der Waals surface area (Å²) in [7, 11) is 1.85. The monoisotopic (exact) mass is 269 g/mol. The summed E-state index contributed by atoms with van der Waals surface area (Å²) in [6.07, 6.45) is 16.9. The molecule has 1 aliphatic rings. The van der Waals surface area contributed by atoms with Crippen molar-refractivity contribution in [3.63, 3.8) is 0 Å². The van der Waals surface area contributed by atoms with Gasteiger partial charge in [-0.15, -0.1) is 0 Å². The van der Waals surface area contributed by atoms with Crippen molar-refractivity contribution in [1.82, 2.24) is 5.32 Å². The lowest BCUT2D eigenvalue weighted by Crippen LogP contribution is -2.35. The molecule has 1 saturated carbocycles. The summed E-state index contributed by atoms with van der Waals surface area (Å²) in [5.74, 6) is 0. The minimum absolute atomic E-state index is 0.529. The van der Waals surface area contributed by atoms with Crippen molar-refractivity contribution in [3.8, 4) is 0 Å². The van der Waals surface area contributed by atoms with E-state index in [1.165, 1.54) is 83.6 Å². The Morgan fingerprint density at radius 1 is 0.842 bits per heavy atom. The van der Waals surface area contributed by atoms with E-state index in [1.54, 1.807) is 0 Å². The smallest absolute Gasteiger partial charge is 0.0572 e. The second kappa shape index (κ2) is 11.7. The lowest BCUT2D eigenvalue weighted by atomic mass is 9.93. The number of unbranched alkanes of at least 4 members (excludes halogenated alkanes) is 7. The Morgan fingerprint density at radius 2 is 1.42 bits per heavy atom. The molecule has 0 saturated heterocycles. The molecular weight excluding hydrogens is 234 g/mol. The first-order chi connectivity index (χ1) is 9.36. The van der Waals surface area contributed by atoms with E-state index in [2.05, 4.69) is 12.2 Å². The zero-order valence-corrected chi connectivity index (χ0v) is 13.3. The Balaban J connectivity index is 1.81. The van der Waals surface area contributed by atoms with Gasteiger partial charge in [0.25, 0.3) is 0 Å². The largest absolute Gasteiger partial charge is 0.381 e. The lowest BCUT2D eigenvalue weighted by Gasteiger charge is -2.28. The molecule has 19 heavy (non-hydrogen) atoms. The molecule has 0 amide bonds. The van der Waals surface area contributed by atoms with Gasteiger partial charge in [0.1, 0.15) is 0 Å². The van der Waals surface area contributed by atoms with E-state index in [0.29, 0.717) is 6.10 Å². The van der Waals surface area contributed by atoms with E-state index in [4.69, 9.17) is 4.74 Å². The van der Waals surface area contributed by atoms with Crippen molar-refractivity contribution >= 4 is 0 Å². The molecule has 0 unspecified atom stereocenters. The summed E-state index contributed by atoms with van der Waals surface area (Å²) in [6.45, 7) is 3.50. The van der Waals surface area contributed by atoms with Gasteiger partial charge in [-0.25, -0.2) is 0 Å². The van der Waals surface area contributed by atoms with Crippen molar-refractivity contribution in [2.75, 3.05) is 13.7 Å². The van der Waals surface area contributed by atoms with Gasteiger partial charge in [0.05, 0.1) is 6.10 Å². The highest BCUT2D eigenvalue weighted by atomic mass is 16.5. The predicted molar refractivity (Wildman–Crippen MR) is 83.7 cm³/mol. The van der Waals surface area contributed by atoms with E-state index in [0.717, 1.165) is 6.04 Å². The highest BCUT2D eigenvalue weighted by Crippen LogP contribution is 2.20. The average molecular weight is 269 g/mol. The van der Waals surface area contributed by atoms with Gasteiger partial charge in [-0.05, 0) is 38.6 Å². The molecule has 0 heterocycles. The molecule has 1 fully saturated rings. The number of nitrogens with one attached hydrogen (secondary N) is 1. The van der Waals surface area contributed by atoms with Crippen LogP contribution in [0.15, 0.2) is 0 Å². The lowest BCUT2D eigenvalue weighted by molar-refractivity contribution is 0.0625. The molecule has 1 N–H and O–H groups in total. The first-order valence-corrected chi connectivity index (χ1v) is 8.63. The van der Waals surface area contributed by atoms with Crippen LogP contribution in [0.2, 0.25) is 0 Å². The number of ether oxygens (including phenoxy) is 1. The molecule has 0 bridgehead atoms. The molecule has 0 spiro atoms. The Labute approximate surface area is 120 Å². The zero-order chi connectivity index (χ0) is 13.8. The average Bonchev–Trinajstić information content (AvgIpc) is 2.46. The zero-order valence-electron chi connectivity index (χ0n) is 13.3. The Kier molecular flexibility index (Phi) is 10.5. The molecule has 0 atom stereocenters. The maximum absolute atomic E-state index is 5.41. The molecule has 1 rings (SSSR count). The van der Waals surface area contributed by atoms with Crippen LogP contribution >= 0.6 is 0 Å². The van der Waals surface area contributed by atoms with Crippen LogP contribution in [0, 0.1) is 0 Å². The van der Waals surface area contributed by atoms with Gasteiger partial charge in [0.15, 0.2) is 0 Å². The van der Waals surface area contributed by atoms with Crippen LogP contribution in [-0.4, -0.2) is 25.8 Å². The molecule has 2 nitrogen and oxygen atoms in total. The summed E-state index contributed by atoms with van der Waals surface area (Å²) in [6, 6.07) is 0.760. The van der Waals surface area contributed by atoms with Crippen LogP contribution in [0.1, 0.15) is 84.0 Å². The van der Waals surface area contributed by atoms with E-state index in [9.17, 15) is 0 Å². The second-order valence-electron chi connectivity index (χ2n) is 6.14.